The largest absolute Gasteiger partial charge is 0.480 e. The minimum absolute atomic E-state index is 0.184. The molecule has 1 rings (SSSR count). The normalized spacial score (nSPS) is 12.8. The molecule has 1 heterocycles. The Bertz CT molecular complexity index is 478. The Morgan fingerprint density at radius 2 is 2.00 bits per heavy atom. The molecule has 1 unspecified atom stereocenters. The number of pyridine rings is 1. The van der Waals surface area contributed by atoms with Crippen molar-refractivity contribution in [2.45, 2.75) is 40.2 Å². The van der Waals surface area contributed by atoms with Gasteiger partial charge in [0.15, 0.2) is 0 Å². The van der Waals surface area contributed by atoms with Gasteiger partial charge >= 0.3 is 5.97 Å². The molecule has 1 aromatic heterocycles. The highest BCUT2D eigenvalue weighted by Crippen LogP contribution is 2.21. The van der Waals surface area contributed by atoms with Gasteiger partial charge in [-0.1, -0.05) is 26.8 Å². The number of carbonyl (C=O) groups excluding carboxylic acids is 1. The number of aryl methyl sites for hydroxylation is 1. The van der Waals surface area contributed by atoms with E-state index in [1.165, 1.54) is 0 Å². The minimum atomic E-state index is -1.03. The van der Waals surface area contributed by atoms with Gasteiger partial charge in [-0.2, -0.15) is 0 Å². The molecular formula is C14H20N2O3. The zero-order valence-corrected chi connectivity index (χ0v) is 11.7. The predicted octanol–water partition coefficient (Wildman–Crippen LogP) is 2.01. The van der Waals surface area contributed by atoms with Crippen LogP contribution in [0.15, 0.2) is 18.2 Å². The molecule has 0 aliphatic heterocycles. The molecule has 0 saturated carbocycles. The zero-order chi connectivity index (χ0) is 14.6. The van der Waals surface area contributed by atoms with Crippen molar-refractivity contribution >= 4 is 11.9 Å². The Balaban J connectivity index is 2.80. The summed E-state index contributed by atoms with van der Waals surface area (Å²) in [6.07, 6.45) is 0.361. The third-order valence-electron chi connectivity index (χ3n) is 2.54. The van der Waals surface area contributed by atoms with Gasteiger partial charge in [0.1, 0.15) is 11.7 Å². The highest BCUT2D eigenvalue weighted by Gasteiger charge is 2.26. The van der Waals surface area contributed by atoms with Crippen molar-refractivity contribution in [1.82, 2.24) is 10.3 Å². The summed E-state index contributed by atoms with van der Waals surface area (Å²) < 4.78 is 0. The summed E-state index contributed by atoms with van der Waals surface area (Å²) in [4.78, 5) is 27.2. The molecule has 1 aromatic rings. The first-order valence-corrected chi connectivity index (χ1v) is 6.16. The Kier molecular flexibility index (Phi) is 4.64. The summed E-state index contributed by atoms with van der Waals surface area (Å²) in [7, 11) is 0. The molecule has 1 amide bonds. The summed E-state index contributed by atoms with van der Waals surface area (Å²) in [6.45, 7) is 7.57. The van der Waals surface area contributed by atoms with E-state index in [1.807, 2.05) is 20.8 Å². The smallest absolute Gasteiger partial charge is 0.326 e. The summed E-state index contributed by atoms with van der Waals surface area (Å²) in [5.41, 5.74) is 0.770. The van der Waals surface area contributed by atoms with Crippen LogP contribution in [0.1, 0.15) is 43.4 Å². The quantitative estimate of drug-likeness (QED) is 0.871. The van der Waals surface area contributed by atoms with Gasteiger partial charge in [0, 0.05) is 5.69 Å². The summed E-state index contributed by atoms with van der Waals surface area (Å²) >= 11 is 0. The maximum atomic E-state index is 12.0. The van der Waals surface area contributed by atoms with Gasteiger partial charge in [-0.05, 0) is 30.9 Å². The minimum Gasteiger partial charge on any atom is -0.480 e. The second kappa shape index (κ2) is 5.82. The van der Waals surface area contributed by atoms with Gasteiger partial charge in [-0.15, -0.1) is 0 Å². The number of carbonyl (C=O) groups is 2. The van der Waals surface area contributed by atoms with Crippen LogP contribution in [0.5, 0.6) is 0 Å². The van der Waals surface area contributed by atoms with Gasteiger partial charge < -0.3 is 10.4 Å². The third-order valence-corrected chi connectivity index (χ3v) is 2.54. The lowest BCUT2D eigenvalue weighted by molar-refractivity contribution is -0.140. The van der Waals surface area contributed by atoms with Crippen molar-refractivity contribution in [3.8, 4) is 0 Å². The molecular weight excluding hydrogens is 244 g/mol. The number of amides is 1. The lowest BCUT2D eigenvalue weighted by atomic mass is 9.88. The number of carboxylic acids is 1. The Labute approximate surface area is 113 Å². The van der Waals surface area contributed by atoms with Crippen molar-refractivity contribution in [1.29, 1.82) is 0 Å². The van der Waals surface area contributed by atoms with Gasteiger partial charge in [0.25, 0.3) is 5.91 Å². The van der Waals surface area contributed by atoms with Gasteiger partial charge in [0.05, 0.1) is 0 Å². The van der Waals surface area contributed by atoms with Crippen LogP contribution >= 0.6 is 0 Å². The number of aromatic nitrogens is 1. The molecule has 0 aliphatic rings. The number of carboxylic acid groups (broad SMARTS) is 1. The van der Waals surface area contributed by atoms with E-state index in [1.54, 1.807) is 25.1 Å². The molecule has 5 heteroatoms. The van der Waals surface area contributed by atoms with E-state index < -0.39 is 17.9 Å². The molecule has 19 heavy (non-hydrogen) atoms. The van der Waals surface area contributed by atoms with Crippen molar-refractivity contribution in [3.05, 3.63) is 29.6 Å². The van der Waals surface area contributed by atoms with E-state index in [2.05, 4.69) is 10.3 Å². The highest BCUT2D eigenvalue weighted by atomic mass is 16.4. The van der Waals surface area contributed by atoms with Crippen LogP contribution in [0, 0.1) is 12.3 Å². The molecule has 2 N–H and O–H groups in total. The standard InChI is InChI=1S/C14H20N2O3/c1-9-6-5-7-10(15-9)12(17)16-11(13(18)19)8-14(2,3)4/h5-7,11H,8H2,1-4H3,(H,16,17)(H,18,19). The van der Waals surface area contributed by atoms with E-state index in [4.69, 9.17) is 5.11 Å². The highest BCUT2D eigenvalue weighted by molar-refractivity contribution is 5.94. The van der Waals surface area contributed by atoms with Gasteiger partial charge in [-0.25, -0.2) is 9.78 Å². The molecule has 0 saturated heterocycles. The summed E-state index contributed by atoms with van der Waals surface area (Å²) in [5, 5.41) is 11.7. The van der Waals surface area contributed by atoms with Gasteiger partial charge in [0.2, 0.25) is 0 Å². The fraction of sp³-hybridized carbons (Fsp3) is 0.500. The van der Waals surface area contributed by atoms with E-state index in [9.17, 15) is 9.59 Å². The molecule has 0 radical (unpaired) electrons. The average molecular weight is 264 g/mol. The lowest BCUT2D eigenvalue weighted by Gasteiger charge is -2.23. The van der Waals surface area contributed by atoms with Crippen molar-refractivity contribution in [3.63, 3.8) is 0 Å². The molecule has 0 aliphatic carbocycles. The molecule has 0 aromatic carbocycles. The first-order chi connectivity index (χ1) is 8.69. The van der Waals surface area contributed by atoms with E-state index >= 15 is 0 Å². The van der Waals surface area contributed by atoms with Crippen molar-refractivity contribution in [2.75, 3.05) is 0 Å². The van der Waals surface area contributed by atoms with E-state index in [0.717, 1.165) is 5.69 Å². The maximum absolute atomic E-state index is 12.0. The average Bonchev–Trinajstić information content (AvgIpc) is 2.26. The second-order valence-corrected chi connectivity index (χ2v) is 5.79. The number of rotatable bonds is 4. The zero-order valence-electron chi connectivity index (χ0n) is 11.7. The van der Waals surface area contributed by atoms with Crippen molar-refractivity contribution in [2.24, 2.45) is 5.41 Å². The van der Waals surface area contributed by atoms with Crippen molar-refractivity contribution < 1.29 is 14.7 Å². The second-order valence-electron chi connectivity index (χ2n) is 5.79. The van der Waals surface area contributed by atoms with E-state index in [0.29, 0.717) is 6.42 Å². The van der Waals surface area contributed by atoms with Crippen LogP contribution in [0.2, 0.25) is 0 Å². The molecule has 5 nitrogen and oxygen atoms in total. The maximum Gasteiger partial charge on any atom is 0.326 e. The third kappa shape index (κ3) is 5.07. The molecule has 104 valence electrons. The Morgan fingerprint density at radius 3 is 2.47 bits per heavy atom. The first-order valence-electron chi connectivity index (χ1n) is 6.16. The van der Waals surface area contributed by atoms with Crippen LogP contribution in [0.25, 0.3) is 0 Å². The Morgan fingerprint density at radius 1 is 1.37 bits per heavy atom. The summed E-state index contributed by atoms with van der Waals surface area (Å²) in [5.74, 6) is -1.49. The van der Waals surface area contributed by atoms with Crippen LogP contribution < -0.4 is 5.32 Å². The predicted molar refractivity (Wildman–Crippen MR) is 71.9 cm³/mol. The van der Waals surface area contributed by atoms with Crippen LogP contribution in [-0.4, -0.2) is 28.0 Å². The molecule has 0 spiro atoms. The van der Waals surface area contributed by atoms with Crippen LogP contribution in [0.3, 0.4) is 0 Å². The fourth-order valence-corrected chi connectivity index (χ4v) is 1.71. The molecule has 0 bridgehead atoms. The van der Waals surface area contributed by atoms with E-state index in [-0.39, 0.29) is 11.1 Å². The Hall–Kier alpha value is -1.91. The topological polar surface area (TPSA) is 79.3 Å². The lowest BCUT2D eigenvalue weighted by Crippen LogP contribution is -2.43. The number of aliphatic carboxylic acids is 1. The van der Waals surface area contributed by atoms with Crippen LogP contribution in [-0.2, 0) is 4.79 Å². The number of nitrogens with zero attached hydrogens (tertiary/aromatic N) is 1. The summed E-state index contributed by atoms with van der Waals surface area (Å²) in [6, 6.07) is 4.16. The number of hydrogen-bond donors (Lipinski definition) is 2. The van der Waals surface area contributed by atoms with Gasteiger partial charge in [-0.3, -0.25) is 4.79 Å². The fourth-order valence-electron chi connectivity index (χ4n) is 1.71. The van der Waals surface area contributed by atoms with Crippen LogP contribution in [0.4, 0.5) is 0 Å². The first kappa shape index (κ1) is 15.1. The number of hydrogen-bond acceptors (Lipinski definition) is 3. The molecule has 1 atom stereocenters. The molecule has 0 fully saturated rings. The monoisotopic (exact) mass is 264 g/mol. The SMILES string of the molecule is Cc1cccc(C(=O)NC(CC(C)(C)C)C(=O)O)n1. The number of nitrogens with one attached hydrogen (secondary N) is 1.